The van der Waals surface area contributed by atoms with E-state index in [9.17, 15) is 4.79 Å². The van der Waals surface area contributed by atoms with Gasteiger partial charge in [0.1, 0.15) is 6.20 Å². The summed E-state index contributed by atoms with van der Waals surface area (Å²) < 4.78 is 0.206. The van der Waals surface area contributed by atoms with Gasteiger partial charge in [0, 0.05) is 6.08 Å². The number of nitrogens with two attached hydrogens (primary N) is 1. The molecule has 0 unspecified atom stereocenters. The second-order valence-electron chi connectivity index (χ2n) is 4.27. The van der Waals surface area contributed by atoms with Crippen LogP contribution in [0.2, 0.25) is 0 Å². The van der Waals surface area contributed by atoms with Crippen LogP contribution >= 0.6 is 0 Å². The van der Waals surface area contributed by atoms with Gasteiger partial charge in [-0.1, -0.05) is 0 Å². The zero-order valence-electron chi connectivity index (χ0n) is 9.34. The van der Waals surface area contributed by atoms with Gasteiger partial charge in [0.25, 0.3) is 0 Å². The van der Waals surface area contributed by atoms with Crippen LogP contribution in [-0.2, 0) is 4.79 Å². The van der Waals surface area contributed by atoms with Gasteiger partial charge in [0.2, 0.25) is 0 Å². The summed E-state index contributed by atoms with van der Waals surface area (Å²) in [6, 6.07) is 3.65. The van der Waals surface area contributed by atoms with Gasteiger partial charge in [-0.05, 0) is 18.2 Å². The number of allylic oxidation sites excluding steroid dienone is 2. The summed E-state index contributed by atoms with van der Waals surface area (Å²) in [5.41, 5.74) is 7.96. The van der Waals surface area contributed by atoms with Crippen LogP contribution in [0.1, 0.15) is 5.69 Å². The van der Waals surface area contributed by atoms with Crippen molar-refractivity contribution < 1.29 is 9.28 Å². The molecule has 16 heavy (non-hydrogen) atoms. The highest BCUT2D eigenvalue weighted by atomic mass is 16.2. The fourth-order valence-electron chi connectivity index (χ4n) is 1.54. The third-order valence-corrected chi connectivity index (χ3v) is 2.52. The molecule has 1 aromatic rings. The van der Waals surface area contributed by atoms with Crippen LogP contribution in [0.25, 0.3) is 5.57 Å². The third kappa shape index (κ3) is 1.87. The maximum absolute atomic E-state index is 11.5. The minimum absolute atomic E-state index is 0.0548. The maximum Gasteiger partial charge on any atom is 0.342 e. The molecule has 0 bridgehead atoms. The van der Waals surface area contributed by atoms with Crippen molar-refractivity contribution in [3.63, 3.8) is 0 Å². The number of rotatable bonds is 1. The monoisotopic (exact) mass is 216 g/mol. The van der Waals surface area contributed by atoms with Crippen molar-refractivity contribution in [2.75, 3.05) is 19.8 Å². The van der Waals surface area contributed by atoms with E-state index in [2.05, 4.69) is 4.98 Å². The molecule has 1 aromatic heterocycles. The molecule has 0 fully saturated rings. The van der Waals surface area contributed by atoms with E-state index < -0.39 is 0 Å². The zero-order chi connectivity index (χ0) is 11.8. The molecule has 1 aliphatic heterocycles. The van der Waals surface area contributed by atoms with Crippen LogP contribution < -0.4 is 5.73 Å². The number of nitrogens with zero attached hydrogens (tertiary/aromatic N) is 2. The fourth-order valence-corrected chi connectivity index (χ4v) is 1.54. The lowest BCUT2D eigenvalue weighted by molar-refractivity contribution is -0.756. The van der Waals surface area contributed by atoms with E-state index in [-0.39, 0.29) is 10.4 Å². The Hall–Kier alpha value is -1.94. The van der Waals surface area contributed by atoms with E-state index in [4.69, 9.17) is 5.73 Å². The SMILES string of the molecule is C[N+]1(C)C=C(c2ccc(N)cn2)C=CC1=O. The fraction of sp³-hybridized carbons (Fsp3) is 0.167. The lowest BCUT2D eigenvalue weighted by Gasteiger charge is -2.23. The van der Waals surface area contributed by atoms with Crippen LogP contribution in [-0.4, -0.2) is 29.5 Å². The Bertz CT molecular complexity index is 483. The molecule has 2 rings (SSSR count). The van der Waals surface area contributed by atoms with Gasteiger partial charge >= 0.3 is 5.91 Å². The summed E-state index contributed by atoms with van der Waals surface area (Å²) in [4.78, 5) is 15.8. The Labute approximate surface area is 94.3 Å². The van der Waals surface area contributed by atoms with E-state index in [0.717, 1.165) is 11.3 Å². The van der Waals surface area contributed by atoms with Crippen molar-refractivity contribution in [3.05, 3.63) is 42.4 Å². The highest BCUT2D eigenvalue weighted by Gasteiger charge is 2.26. The molecular formula is C12H14N3O+. The van der Waals surface area contributed by atoms with Crippen LogP contribution in [0, 0.1) is 0 Å². The second kappa shape index (κ2) is 3.57. The lowest BCUT2D eigenvalue weighted by atomic mass is 10.1. The molecule has 0 saturated heterocycles. The molecule has 4 heteroatoms. The number of aromatic nitrogens is 1. The van der Waals surface area contributed by atoms with E-state index in [1.165, 1.54) is 0 Å². The summed E-state index contributed by atoms with van der Waals surface area (Å²) in [6.45, 7) is 0. The number of anilines is 1. The highest BCUT2D eigenvalue weighted by molar-refractivity contribution is 5.89. The van der Waals surface area contributed by atoms with E-state index in [1.807, 2.05) is 26.4 Å². The molecule has 2 heterocycles. The number of amides is 1. The number of carbonyl (C=O) groups is 1. The molecular weight excluding hydrogens is 202 g/mol. The second-order valence-corrected chi connectivity index (χ2v) is 4.27. The molecule has 0 aliphatic carbocycles. The van der Waals surface area contributed by atoms with Crippen molar-refractivity contribution >= 4 is 17.2 Å². The summed E-state index contributed by atoms with van der Waals surface area (Å²) in [5.74, 6) is 0.0548. The first-order chi connectivity index (χ1) is 7.49. The van der Waals surface area contributed by atoms with Crippen molar-refractivity contribution in [3.8, 4) is 0 Å². The summed E-state index contributed by atoms with van der Waals surface area (Å²) in [7, 11) is 3.67. The van der Waals surface area contributed by atoms with Crippen LogP contribution in [0.4, 0.5) is 5.69 Å². The first-order valence-electron chi connectivity index (χ1n) is 5.00. The van der Waals surface area contributed by atoms with Crippen LogP contribution in [0.15, 0.2) is 36.7 Å². The van der Waals surface area contributed by atoms with E-state index >= 15 is 0 Å². The summed E-state index contributed by atoms with van der Waals surface area (Å²) in [5, 5.41) is 0. The maximum atomic E-state index is 11.5. The predicted octanol–water partition coefficient (Wildman–Crippen LogP) is 1.18. The average Bonchev–Trinajstić information content (AvgIpc) is 2.23. The van der Waals surface area contributed by atoms with Gasteiger partial charge < -0.3 is 5.73 Å². The van der Waals surface area contributed by atoms with E-state index in [1.54, 1.807) is 24.4 Å². The Morgan fingerprint density at radius 1 is 1.25 bits per heavy atom. The largest absolute Gasteiger partial charge is 0.397 e. The molecule has 0 atom stereocenters. The Morgan fingerprint density at radius 2 is 2.00 bits per heavy atom. The minimum atomic E-state index is 0.0548. The Balaban J connectivity index is 2.40. The summed E-state index contributed by atoms with van der Waals surface area (Å²) in [6.07, 6.45) is 6.85. The first-order valence-corrected chi connectivity index (χ1v) is 5.00. The smallest absolute Gasteiger partial charge is 0.342 e. The Kier molecular flexibility index (Phi) is 2.36. The van der Waals surface area contributed by atoms with Gasteiger partial charge in [0.05, 0.1) is 37.2 Å². The average molecular weight is 216 g/mol. The minimum Gasteiger partial charge on any atom is -0.397 e. The standard InChI is InChI=1S/C12H14N3O/c1-15(2)8-9(3-6-12(15)16)11-5-4-10(13)7-14-11/h3-8H,13H2,1-2H3/q+1. The van der Waals surface area contributed by atoms with Gasteiger partial charge in [-0.3, -0.25) is 4.98 Å². The molecule has 0 aromatic carbocycles. The molecule has 2 N–H and O–H groups in total. The van der Waals surface area contributed by atoms with Gasteiger partial charge in [-0.15, -0.1) is 0 Å². The number of nitrogen functional groups attached to an aromatic ring is 1. The number of quaternary nitrogens is 1. The number of hydrogen-bond acceptors (Lipinski definition) is 3. The lowest BCUT2D eigenvalue weighted by Crippen LogP contribution is -2.40. The first kappa shape index (κ1) is 10.6. The quantitative estimate of drug-likeness (QED) is 0.717. The molecule has 1 amide bonds. The number of likely N-dealkylation sites (N-methyl/N-ethyl adjacent to an activating group) is 1. The van der Waals surface area contributed by atoms with Crippen molar-refractivity contribution in [1.82, 2.24) is 4.98 Å². The van der Waals surface area contributed by atoms with Crippen molar-refractivity contribution in [2.45, 2.75) is 0 Å². The predicted molar refractivity (Wildman–Crippen MR) is 62.9 cm³/mol. The number of hydrogen-bond donors (Lipinski definition) is 1. The van der Waals surface area contributed by atoms with Gasteiger partial charge in [-0.25, -0.2) is 9.28 Å². The molecule has 82 valence electrons. The van der Waals surface area contributed by atoms with Crippen molar-refractivity contribution in [1.29, 1.82) is 0 Å². The van der Waals surface area contributed by atoms with Gasteiger partial charge in [-0.2, -0.15) is 0 Å². The van der Waals surface area contributed by atoms with Crippen LogP contribution in [0.5, 0.6) is 0 Å². The summed E-state index contributed by atoms with van der Waals surface area (Å²) >= 11 is 0. The van der Waals surface area contributed by atoms with E-state index in [0.29, 0.717) is 5.69 Å². The number of pyridine rings is 1. The van der Waals surface area contributed by atoms with Crippen LogP contribution in [0.3, 0.4) is 0 Å². The highest BCUT2D eigenvalue weighted by Crippen LogP contribution is 2.21. The topological polar surface area (TPSA) is 56.0 Å². The van der Waals surface area contributed by atoms with Crippen molar-refractivity contribution in [2.24, 2.45) is 0 Å². The number of carbonyl (C=O) groups excluding carboxylic acids is 1. The molecule has 0 radical (unpaired) electrons. The molecule has 1 aliphatic rings. The zero-order valence-corrected chi connectivity index (χ0v) is 9.34. The molecule has 0 saturated carbocycles. The molecule has 0 spiro atoms. The normalized spacial score (nSPS) is 18.4. The Morgan fingerprint density at radius 3 is 2.56 bits per heavy atom. The van der Waals surface area contributed by atoms with Gasteiger partial charge in [0.15, 0.2) is 0 Å². The molecule has 4 nitrogen and oxygen atoms in total. The third-order valence-electron chi connectivity index (χ3n) is 2.52.